The number of rotatable bonds is 6. The molecule has 0 radical (unpaired) electrons. The Balaban J connectivity index is 1.93. The molecule has 2 rings (SSSR count). The van der Waals surface area contributed by atoms with Gasteiger partial charge in [0.05, 0.1) is 0 Å². The number of nitrogens with one attached hydrogen (secondary N) is 1. The van der Waals surface area contributed by atoms with Gasteiger partial charge < -0.3 is 10.4 Å². The van der Waals surface area contributed by atoms with Gasteiger partial charge >= 0.3 is 5.97 Å². The molecule has 1 saturated carbocycles. The topological polar surface area (TPSA) is 79.3 Å². The molecular weight excluding hydrogens is 268 g/mol. The Morgan fingerprint density at radius 2 is 2.14 bits per heavy atom. The van der Waals surface area contributed by atoms with Crippen molar-refractivity contribution in [2.75, 3.05) is 6.54 Å². The highest BCUT2D eigenvalue weighted by atomic mass is 16.4. The van der Waals surface area contributed by atoms with Gasteiger partial charge in [-0.05, 0) is 24.5 Å². The van der Waals surface area contributed by atoms with Crippen LogP contribution in [0.4, 0.5) is 0 Å². The average molecular weight is 288 g/mol. The van der Waals surface area contributed by atoms with Gasteiger partial charge in [0.2, 0.25) is 0 Å². The first-order valence-electron chi connectivity index (χ1n) is 7.30. The van der Waals surface area contributed by atoms with Crippen molar-refractivity contribution in [2.24, 2.45) is 5.92 Å². The first kappa shape index (κ1) is 15.2. The highest BCUT2D eigenvalue weighted by molar-refractivity contribution is 5.98. The minimum absolute atomic E-state index is 0.180. The maximum atomic E-state index is 12.2. The van der Waals surface area contributed by atoms with Crippen LogP contribution in [-0.2, 0) is 4.79 Å². The highest BCUT2D eigenvalue weighted by Gasteiger charge is 2.15. The van der Waals surface area contributed by atoms with Gasteiger partial charge in [0.1, 0.15) is 0 Å². The van der Waals surface area contributed by atoms with E-state index < -0.39 is 5.97 Å². The summed E-state index contributed by atoms with van der Waals surface area (Å²) >= 11 is 0. The molecule has 0 aliphatic heterocycles. The van der Waals surface area contributed by atoms with Crippen LogP contribution in [0.2, 0.25) is 0 Å². The predicted molar refractivity (Wildman–Crippen MR) is 79.8 cm³/mol. The summed E-state index contributed by atoms with van der Waals surface area (Å²) in [6, 6.07) is 1.60. The molecule has 1 aromatic rings. The van der Waals surface area contributed by atoms with Crippen molar-refractivity contribution in [3.63, 3.8) is 0 Å². The molecular formula is C16H20N2O3. The summed E-state index contributed by atoms with van der Waals surface area (Å²) in [5.74, 6) is -0.499. The molecule has 112 valence electrons. The lowest BCUT2D eigenvalue weighted by Gasteiger charge is -2.10. The third-order valence-corrected chi connectivity index (χ3v) is 3.81. The quantitative estimate of drug-likeness (QED) is 0.788. The van der Waals surface area contributed by atoms with Crippen molar-refractivity contribution in [3.05, 3.63) is 35.7 Å². The first-order valence-corrected chi connectivity index (χ1v) is 7.30. The summed E-state index contributed by atoms with van der Waals surface area (Å²) in [6.07, 6.45) is 11.6. The second-order valence-corrected chi connectivity index (χ2v) is 5.33. The van der Waals surface area contributed by atoms with E-state index in [4.69, 9.17) is 5.11 Å². The summed E-state index contributed by atoms with van der Waals surface area (Å²) < 4.78 is 0. The number of aromatic nitrogens is 1. The number of amides is 1. The summed E-state index contributed by atoms with van der Waals surface area (Å²) in [6.45, 7) is 0.661. The van der Waals surface area contributed by atoms with Crippen LogP contribution >= 0.6 is 0 Å². The van der Waals surface area contributed by atoms with Crippen LogP contribution < -0.4 is 5.32 Å². The smallest absolute Gasteiger partial charge is 0.328 e. The zero-order valence-electron chi connectivity index (χ0n) is 11.9. The number of carbonyl (C=O) groups excluding carboxylic acids is 1. The molecule has 1 aromatic heterocycles. The molecule has 1 aliphatic rings. The van der Waals surface area contributed by atoms with Crippen molar-refractivity contribution in [2.45, 2.75) is 32.1 Å². The maximum absolute atomic E-state index is 12.2. The molecule has 0 aromatic carbocycles. The van der Waals surface area contributed by atoms with E-state index in [0.29, 0.717) is 17.7 Å². The zero-order chi connectivity index (χ0) is 15.1. The lowest BCUT2D eigenvalue weighted by Crippen LogP contribution is -2.26. The minimum atomic E-state index is -1.05. The minimum Gasteiger partial charge on any atom is -0.478 e. The fraction of sp³-hybridized carbons (Fsp3) is 0.438. The van der Waals surface area contributed by atoms with Crippen LogP contribution in [0, 0.1) is 5.92 Å². The molecule has 5 heteroatoms. The molecule has 0 unspecified atom stereocenters. The number of carbonyl (C=O) groups is 2. The number of pyridine rings is 1. The molecule has 0 saturated heterocycles. The fourth-order valence-electron chi connectivity index (χ4n) is 2.69. The van der Waals surface area contributed by atoms with Crippen LogP contribution in [0.15, 0.2) is 24.5 Å². The van der Waals surface area contributed by atoms with E-state index >= 15 is 0 Å². The number of carboxylic acid groups (broad SMARTS) is 1. The molecule has 1 heterocycles. The van der Waals surface area contributed by atoms with E-state index in [0.717, 1.165) is 18.4 Å². The van der Waals surface area contributed by atoms with Crippen LogP contribution in [0.1, 0.15) is 48.0 Å². The number of hydrogen-bond donors (Lipinski definition) is 2. The number of hydrogen-bond acceptors (Lipinski definition) is 3. The van der Waals surface area contributed by atoms with E-state index in [1.165, 1.54) is 44.2 Å². The maximum Gasteiger partial charge on any atom is 0.328 e. The molecule has 1 fully saturated rings. The van der Waals surface area contributed by atoms with Crippen LogP contribution in [0.5, 0.6) is 0 Å². The Morgan fingerprint density at radius 3 is 2.86 bits per heavy atom. The van der Waals surface area contributed by atoms with Crippen molar-refractivity contribution in [3.8, 4) is 0 Å². The number of carboxylic acids is 1. The lowest BCUT2D eigenvalue weighted by molar-refractivity contribution is -0.131. The second kappa shape index (κ2) is 7.57. The molecule has 0 bridgehead atoms. The van der Waals surface area contributed by atoms with Gasteiger partial charge in [0, 0.05) is 36.1 Å². The van der Waals surface area contributed by atoms with Crippen LogP contribution in [-0.4, -0.2) is 28.5 Å². The summed E-state index contributed by atoms with van der Waals surface area (Å²) in [4.78, 5) is 26.7. The second-order valence-electron chi connectivity index (χ2n) is 5.33. The van der Waals surface area contributed by atoms with Gasteiger partial charge in [-0.25, -0.2) is 4.79 Å². The standard InChI is InChI=1S/C16H20N2O3/c19-15(20)6-5-13-11-17-9-8-14(13)16(21)18-10-7-12-3-1-2-4-12/h5-6,8-9,11-12H,1-4,7,10H2,(H,18,21)(H,19,20). The molecule has 2 N–H and O–H groups in total. The Hall–Kier alpha value is -2.17. The predicted octanol–water partition coefficient (Wildman–Crippen LogP) is 2.49. The van der Waals surface area contributed by atoms with E-state index in [-0.39, 0.29) is 5.91 Å². The summed E-state index contributed by atoms with van der Waals surface area (Å²) in [5.41, 5.74) is 0.965. The van der Waals surface area contributed by atoms with Crippen molar-refractivity contribution in [1.82, 2.24) is 10.3 Å². The molecule has 1 aliphatic carbocycles. The Labute approximate surface area is 124 Å². The van der Waals surface area contributed by atoms with Gasteiger partial charge in [0.25, 0.3) is 5.91 Å². The molecule has 21 heavy (non-hydrogen) atoms. The van der Waals surface area contributed by atoms with Gasteiger partial charge in [-0.3, -0.25) is 9.78 Å². The summed E-state index contributed by atoms with van der Waals surface area (Å²) in [5, 5.41) is 11.6. The highest BCUT2D eigenvalue weighted by Crippen LogP contribution is 2.26. The number of nitrogens with zero attached hydrogens (tertiary/aromatic N) is 1. The van der Waals surface area contributed by atoms with E-state index in [9.17, 15) is 9.59 Å². The lowest BCUT2D eigenvalue weighted by atomic mass is 10.0. The molecule has 0 spiro atoms. The Kier molecular flexibility index (Phi) is 5.49. The van der Waals surface area contributed by atoms with Crippen molar-refractivity contribution in [1.29, 1.82) is 0 Å². The average Bonchev–Trinajstić information content (AvgIpc) is 2.98. The Morgan fingerprint density at radius 1 is 1.38 bits per heavy atom. The zero-order valence-corrected chi connectivity index (χ0v) is 11.9. The fourth-order valence-corrected chi connectivity index (χ4v) is 2.69. The van der Waals surface area contributed by atoms with E-state index in [1.54, 1.807) is 6.07 Å². The van der Waals surface area contributed by atoms with Crippen LogP contribution in [0.25, 0.3) is 6.08 Å². The monoisotopic (exact) mass is 288 g/mol. The van der Waals surface area contributed by atoms with Gasteiger partial charge in [0.15, 0.2) is 0 Å². The van der Waals surface area contributed by atoms with Gasteiger partial charge in [-0.1, -0.05) is 25.7 Å². The number of aliphatic carboxylic acids is 1. The van der Waals surface area contributed by atoms with Gasteiger partial charge in [-0.2, -0.15) is 0 Å². The first-order chi connectivity index (χ1) is 10.2. The van der Waals surface area contributed by atoms with Gasteiger partial charge in [-0.15, -0.1) is 0 Å². The normalized spacial score (nSPS) is 15.4. The summed E-state index contributed by atoms with van der Waals surface area (Å²) in [7, 11) is 0. The Bertz CT molecular complexity index is 534. The molecule has 1 amide bonds. The van der Waals surface area contributed by atoms with E-state index in [2.05, 4.69) is 10.3 Å². The third-order valence-electron chi connectivity index (χ3n) is 3.81. The molecule has 0 atom stereocenters. The van der Waals surface area contributed by atoms with Crippen molar-refractivity contribution >= 4 is 18.0 Å². The van der Waals surface area contributed by atoms with E-state index in [1.807, 2.05) is 0 Å². The SMILES string of the molecule is O=C(O)C=Cc1cnccc1C(=O)NCCC1CCCC1. The largest absolute Gasteiger partial charge is 0.478 e. The van der Waals surface area contributed by atoms with Crippen molar-refractivity contribution < 1.29 is 14.7 Å². The molecule has 5 nitrogen and oxygen atoms in total. The van der Waals surface area contributed by atoms with Crippen LogP contribution in [0.3, 0.4) is 0 Å². The third kappa shape index (κ3) is 4.70.